The number of nitrogens with zero attached hydrogens (tertiary/aromatic N) is 1. The van der Waals surface area contributed by atoms with E-state index in [1.54, 1.807) is 0 Å². The number of carbonyl (C=O) groups excluding carboxylic acids is 1. The second-order valence-electron chi connectivity index (χ2n) is 7.37. The molecule has 2 fully saturated rings. The summed E-state index contributed by atoms with van der Waals surface area (Å²) < 4.78 is 0. The molecule has 3 atom stereocenters. The second-order valence-corrected chi connectivity index (χ2v) is 7.37. The lowest BCUT2D eigenvalue weighted by Gasteiger charge is -2.52. The van der Waals surface area contributed by atoms with Crippen LogP contribution in [-0.2, 0) is 11.3 Å². The number of hydrogen-bond donors (Lipinski definition) is 0. The Bertz CT molecular complexity index is 521. The van der Waals surface area contributed by atoms with Gasteiger partial charge in [-0.15, -0.1) is 0 Å². The minimum Gasteiger partial charge on any atom is -0.299 e. The Hall–Kier alpha value is -1.15. The predicted molar refractivity (Wildman–Crippen MR) is 81.3 cm³/mol. The minimum absolute atomic E-state index is 0.0250. The monoisotopic (exact) mass is 271 g/mol. The van der Waals surface area contributed by atoms with Crippen molar-refractivity contribution in [1.29, 1.82) is 0 Å². The summed E-state index contributed by atoms with van der Waals surface area (Å²) in [6, 6.07) is 10.6. The van der Waals surface area contributed by atoms with Crippen molar-refractivity contribution >= 4 is 5.78 Å². The van der Waals surface area contributed by atoms with Gasteiger partial charge >= 0.3 is 0 Å². The number of ketones is 1. The summed E-state index contributed by atoms with van der Waals surface area (Å²) in [6.45, 7) is 7.92. The third-order valence-corrected chi connectivity index (χ3v) is 6.42. The molecule has 0 aliphatic heterocycles. The predicted octanol–water partition coefficient (Wildman–Crippen LogP) is 3.51. The van der Waals surface area contributed by atoms with E-state index in [4.69, 9.17) is 0 Å². The van der Waals surface area contributed by atoms with Gasteiger partial charge in [-0.05, 0) is 37.3 Å². The zero-order chi connectivity index (χ0) is 14.5. The number of rotatable bonds is 3. The number of carbonyl (C=O) groups is 1. The van der Waals surface area contributed by atoms with E-state index in [0.29, 0.717) is 11.7 Å². The zero-order valence-corrected chi connectivity index (χ0v) is 13.0. The molecule has 0 aromatic heterocycles. The van der Waals surface area contributed by atoms with Gasteiger partial charge in [0.15, 0.2) is 0 Å². The van der Waals surface area contributed by atoms with Crippen LogP contribution in [0.3, 0.4) is 0 Å². The van der Waals surface area contributed by atoms with Crippen molar-refractivity contribution < 1.29 is 4.79 Å². The van der Waals surface area contributed by atoms with Gasteiger partial charge in [0.25, 0.3) is 0 Å². The maximum atomic E-state index is 12.3. The van der Waals surface area contributed by atoms with Crippen LogP contribution in [-0.4, -0.2) is 23.3 Å². The average Bonchev–Trinajstić information content (AvgIpc) is 2.88. The van der Waals surface area contributed by atoms with E-state index < -0.39 is 0 Å². The fraction of sp³-hybridized carbons (Fsp3) is 0.611. The number of Topliss-reactive ketones (excluding diaryl/α,β-unsaturated/α-hetero) is 1. The zero-order valence-electron chi connectivity index (χ0n) is 13.0. The van der Waals surface area contributed by atoms with Gasteiger partial charge in [0.1, 0.15) is 5.78 Å². The summed E-state index contributed by atoms with van der Waals surface area (Å²) in [5.74, 6) is 1.26. The first kappa shape index (κ1) is 13.8. The summed E-state index contributed by atoms with van der Waals surface area (Å²) in [6.07, 6.45) is 1.88. The van der Waals surface area contributed by atoms with E-state index in [-0.39, 0.29) is 16.9 Å². The minimum atomic E-state index is -0.0250. The van der Waals surface area contributed by atoms with Crippen molar-refractivity contribution in [1.82, 2.24) is 4.90 Å². The van der Waals surface area contributed by atoms with Crippen LogP contribution in [0.5, 0.6) is 0 Å². The lowest BCUT2D eigenvalue weighted by Crippen LogP contribution is -2.59. The number of fused-ring (bicyclic) bond motifs is 2. The van der Waals surface area contributed by atoms with Crippen LogP contribution in [0.4, 0.5) is 0 Å². The maximum absolute atomic E-state index is 12.3. The van der Waals surface area contributed by atoms with Gasteiger partial charge in [-0.3, -0.25) is 9.69 Å². The Morgan fingerprint density at radius 1 is 1.20 bits per heavy atom. The first-order valence-electron chi connectivity index (χ1n) is 7.65. The lowest BCUT2D eigenvalue weighted by atomic mass is 9.63. The van der Waals surface area contributed by atoms with E-state index in [1.165, 1.54) is 5.56 Å². The summed E-state index contributed by atoms with van der Waals surface area (Å²) in [4.78, 5) is 14.7. The van der Waals surface area contributed by atoms with Crippen molar-refractivity contribution in [2.45, 2.75) is 45.7 Å². The van der Waals surface area contributed by atoms with Crippen molar-refractivity contribution in [3.63, 3.8) is 0 Å². The Balaban J connectivity index is 1.89. The van der Waals surface area contributed by atoms with Crippen LogP contribution >= 0.6 is 0 Å². The van der Waals surface area contributed by atoms with Gasteiger partial charge in [0.2, 0.25) is 0 Å². The number of benzene rings is 1. The highest BCUT2D eigenvalue weighted by molar-refractivity contribution is 5.86. The summed E-state index contributed by atoms with van der Waals surface area (Å²) in [5.41, 5.74) is 1.50. The van der Waals surface area contributed by atoms with Crippen LogP contribution in [0.25, 0.3) is 0 Å². The van der Waals surface area contributed by atoms with E-state index >= 15 is 0 Å². The highest BCUT2D eigenvalue weighted by Gasteiger charge is 2.65. The molecular formula is C18H25NO. The third kappa shape index (κ3) is 1.70. The Labute approximate surface area is 122 Å². The molecule has 0 saturated heterocycles. The molecule has 0 N–H and O–H groups in total. The molecule has 2 aliphatic carbocycles. The van der Waals surface area contributed by atoms with Crippen molar-refractivity contribution in [3.8, 4) is 0 Å². The molecule has 2 bridgehead atoms. The van der Waals surface area contributed by atoms with E-state index in [2.05, 4.69) is 63.1 Å². The Morgan fingerprint density at radius 3 is 2.45 bits per heavy atom. The van der Waals surface area contributed by atoms with Gasteiger partial charge in [0.05, 0.1) is 0 Å². The third-order valence-electron chi connectivity index (χ3n) is 6.42. The molecule has 3 rings (SSSR count). The van der Waals surface area contributed by atoms with Gasteiger partial charge < -0.3 is 0 Å². The van der Waals surface area contributed by atoms with E-state index in [9.17, 15) is 4.79 Å². The molecule has 2 saturated carbocycles. The molecule has 0 radical (unpaired) electrons. The van der Waals surface area contributed by atoms with Gasteiger partial charge in [-0.1, -0.05) is 44.2 Å². The SMILES string of the molecule is CN(Cc1ccccc1)C1(C)C2CC(CC2=O)C1(C)C. The molecule has 1 aromatic carbocycles. The molecule has 2 nitrogen and oxygen atoms in total. The number of hydrogen-bond acceptors (Lipinski definition) is 2. The van der Waals surface area contributed by atoms with E-state index in [0.717, 1.165) is 19.4 Å². The van der Waals surface area contributed by atoms with Crippen LogP contribution < -0.4 is 0 Å². The summed E-state index contributed by atoms with van der Waals surface area (Å²) >= 11 is 0. The molecule has 0 spiro atoms. The molecule has 3 unspecified atom stereocenters. The highest BCUT2D eigenvalue weighted by Crippen LogP contribution is 2.62. The molecule has 2 heteroatoms. The fourth-order valence-electron chi connectivity index (χ4n) is 4.62. The van der Waals surface area contributed by atoms with Crippen LogP contribution in [0.2, 0.25) is 0 Å². The second kappa shape index (κ2) is 4.42. The average molecular weight is 271 g/mol. The summed E-state index contributed by atoms with van der Waals surface area (Å²) in [7, 11) is 2.18. The Kier molecular flexibility index (Phi) is 3.06. The smallest absolute Gasteiger partial charge is 0.138 e. The maximum Gasteiger partial charge on any atom is 0.138 e. The molecule has 0 amide bonds. The van der Waals surface area contributed by atoms with E-state index in [1.807, 2.05) is 0 Å². The molecule has 20 heavy (non-hydrogen) atoms. The van der Waals surface area contributed by atoms with Crippen molar-refractivity contribution in [2.75, 3.05) is 7.05 Å². The van der Waals surface area contributed by atoms with Crippen LogP contribution in [0, 0.1) is 17.3 Å². The molecular weight excluding hydrogens is 246 g/mol. The van der Waals surface area contributed by atoms with Crippen LogP contribution in [0.15, 0.2) is 30.3 Å². The van der Waals surface area contributed by atoms with Gasteiger partial charge in [-0.25, -0.2) is 0 Å². The summed E-state index contributed by atoms with van der Waals surface area (Å²) in [5, 5.41) is 0. The fourth-order valence-corrected chi connectivity index (χ4v) is 4.62. The van der Waals surface area contributed by atoms with Crippen LogP contribution in [0.1, 0.15) is 39.2 Å². The molecule has 0 heterocycles. The Morgan fingerprint density at radius 2 is 1.85 bits per heavy atom. The topological polar surface area (TPSA) is 20.3 Å². The van der Waals surface area contributed by atoms with Gasteiger partial charge in [-0.2, -0.15) is 0 Å². The largest absolute Gasteiger partial charge is 0.299 e. The highest BCUT2D eigenvalue weighted by atomic mass is 16.1. The standard InChI is InChI=1S/C18H25NO/c1-17(2)14-10-15(16(20)11-14)18(17,3)19(4)12-13-8-6-5-7-9-13/h5-9,14-15H,10-12H2,1-4H3. The molecule has 1 aromatic rings. The van der Waals surface area contributed by atoms with Crippen molar-refractivity contribution in [3.05, 3.63) is 35.9 Å². The lowest BCUT2D eigenvalue weighted by molar-refractivity contribution is -0.133. The first-order chi connectivity index (χ1) is 9.37. The normalized spacial score (nSPS) is 35.0. The van der Waals surface area contributed by atoms with Crippen molar-refractivity contribution in [2.24, 2.45) is 17.3 Å². The molecule has 2 aliphatic rings. The first-order valence-corrected chi connectivity index (χ1v) is 7.65. The van der Waals surface area contributed by atoms with Gasteiger partial charge in [0, 0.05) is 24.4 Å². The quantitative estimate of drug-likeness (QED) is 0.838. The molecule has 108 valence electrons.